The minimum absolute atomic E-state index is 0.0368. The molecule has 112 valence electrons. The van der Waals surface area contributed by atoms with E-state index in [9.17, 15) is 8.78 Å². The Kier molecular flexibility index (Phi) is 5.31. The molecule has 0 aliphatic carbocycles. The minimum atomic E-state index is -0.987. The molecular formula is C16H16BrF2NO. The quantitative estimate of drug-likeness (QED) is 0.796. The third kappa shape index (κ3) is 3.80. The lowest BCUT2D eigenvalue weighted by Crippen LogP contribution is -2.18. The number of nitrogens with one attached hydrogen (secondary N) is 1. The van der Waals surface area contributed by atoms with E-state index in [0.717, 1.165) is 22.6 Å². The van der Waals surface area contributed by atoms with E-state index in [2.05, 4.69) is 21.2 Å². The Bertz CT molecular complexity index is 634. The van der Waals surface area contributed by atoms with E-state index < -0.39 is 11.6 Å². The molecule has 1 atom stereocenters. The van der Waals surface area contributed by atoms with Crippen LogP contribution >= 0.6 is 15.9 Å². The van der Waals surface area contributed by atoms with Crippen LogP contribution in [0.25, 0.3) is 0 Å². The molecule has 0 fully saturated rings. The molecule has 1 N–H and O–H groups in total. The maximum absolute atomic E-state index is 13.7. The molecule has 0 spiro atoms. The molecule has 0 aliphatic heterocycles. The summed E-state index contributed by atoms with van der Waals surface area (Å²) in [4.78, 5) is 0. The van der Waals surface area contributed by atoms with Crippen LogP contribution < -0.4 is 10.1 Å². The normalized spacial score (nSPS) is 12.2. The van der Waals surface area contributed by atoms with E-state index in [-0.39, 0.29) is 11.8 Å². The third-order valence-corrected chi connectivity index (χ3v) is 3.58. The number of halogens is 3. The predicted octanol–water partition coefficient (Wildman–Crippen LogP) is 5.19. The van der Waals surface area contributed by atoms with Crippen molar-refractivity contribution in [3.05, 3.63) is 58.1 Å². The summed E-state index contributed by atoms with van der Waals surface area (Å²) in [5.74, 6) is -1.55. The van der Waals surface area contributed by atoms with Crippen LogP contribution in [0, 0.1) is 11.6 Å². The SMILES string of the molecule is CCNC(C)c1ccc(Br)cc1Oc1cccc(F)c1F. The first kappa shape index (κ1) is 15.9. The minimum Gasteiger partial charge on any atom is -0.454 e. The standard InChI is InChI=1S/C16H16BrF2NO/c1-3-20-10(2)12-8-7-11(17)9-15(12)21-14-6-4-5-13(18)16(14)19/h4-10,20H,3H2,1-2H3. The summed E-state index contributed by atoms with van der Waals surface area (Å²) in [5.41, 5.74) is 0.878. The van der Waals surface area contributed by atoms with Crippen molar-refractivity contribution >= 4 is 15.9 Å². The van der Waals surface area contributed by atoms with Gasteiger partial charge in [0.15, 0.2) is 11.6 Å². The molecule has 21 heavy (non-hydrogen) atoms. The fraction of sp³-hybridized carbons (Fsp3) is 0.250. The highest BCUT2D eigenvalue weighted by Crippen LogP contribution is 2.33. The molecule has 0 radical (unpaired) electrons. The van der Waals surface area contributed by atoms with Gasteiger partial charge in [-0.2, -0.15) is 4.39 Å². The van der Waals surface area contributed by atoms with Gasteiger partial charge in [0.1, 0.15) is 5.75 Å². The van der Waals surface area contributed by atoms with Gasteiger partial charge in [-0.1, -0.05) is 35.0 Å². The zero-order chi connectivity index (χ0) is 15.4. The van der Waals surface area contributed by atoms with Crippen LogP contribution in [0.1, 0.15) is 25.5 Å². The molecule has 0 aromatic heterocycles. The Labute approximate surface area is 131 Å². The number of rotatable bonds is 5. The van der Waals surface area contributed by atoms with Gasteiger partial charge >= 0.3 is 0 Å². The fourth-order valence-electron chi connectivity index (χ4n) is 2.05. The van der Waals surface area contributed by atoms with Crippen molar-refractivity contribution in [2.75, 3.05) is 6.54 Å². The van der Waals surface area contributed by atoms with E-state index >= 15 is 0 Å². The van der Waals surface area contributed by atoms with Crippen molar-refractivity contribution in [1.29, 1.82) is 0 Å². The molecule has 0 heterocycles. The van der Waals surface area contributed by atoms with Gasteiger partial charge < -0.3 is 10.1 Å². The molecule has 5 heteroatoms. The van der Waals surface area contributed by atoms with Gasteiger partial charge in [0, 0.05) is 16.1 Å². The van der Waals surface area contributed by atoms with Crippen LogP contribution in [-0.2, 0) is 0 Å². The lowest BCUT2D eigenvalue weighted by molar-refractivity contribution is 0.408. The largest absolute Gasteiger partial charge is 0.454 e. The molecule has 0 saturated carbocycles. The van der Waals surface area contributed by atoms with Crippen molar-refractivity contribution in [3.63, 3.8) is 0 Å². The Morgan fingerprint density at radius 3 is 2.67 bits per heavy atom. The Hall–Kier alpha value is -1.46. The lowest BCUT2D eigenvalue weighted by Gasteiger charge is -2.18. The summed E-state index contributed by atoms with van der Waals surface area (Å²) in [6, 6.07) is 9.44. The van der Waals surface area contributed by atoms with Gasteiger partial charge in [-0.15, -0.1) is 0 Å². The van der Waals surface area contributed by atoms with Gasteiger partial charge in [-0.3, -0.25) is 0 Å². The van der Waals surface area contributed by atoms with Crippen LogP contribution in [0.3, 0.4) is 0 Å². The molecule has 0 bridgehead atoms. The maximum Gasteiger partial charge on any atom is 0.201 e. The Balaban J connectivity index is 2.38. The lowest BCUT2D eigenvalue weighted by atomic mass is 10.1. The van der Waals surface area contributed by atoms with Gasteiger partial charge in [-0.25, -0.2) is 4.39 Å². The number of hydrogen-bond donors (Lipinski definition) is 1. The smallest absolute Gasteiger partial charge is 0.201 e. The van der Waals surface area contributed by atoms with E-state index in [4.69, 9.17) is 4.74 Å². The van der Waals surface area contributed by atoms with Gasteiger partial charge in [-0.05, 0) is 37.7 Å². The van der Waals surface area contributed by atoms with Crippen LogP contribution in [0.15, 0.2) is 40.9 Å². The molecule has 2 aromatic rings. The van der Waals surface area contributed by atoms with Crippen LogP contribution in [0.2, 0.25) is 0 Å². The van der Waals surface area contributed by atoms with Crippen LogP contribution in [0.5, 0.6) is 11.5 Å². The van der Waals surface area contributed by atoms with Crippen molar-refractivity contribution < 1.29 is 13.5 Å². The zero-order valence-corrected chi connectivity index (χ0v) is 13.4. The fourth-order valence-corrected chi connectivity index (χ4v) is 2.39. The second kappa shape index (κ2) is 7.00. The highest BCUT2D eigenvalue weighted by atomic mass is 79.9. The van der Waals surface area contributed by atoms with E-state index in [1.165, 1.54) is 12.1 Å². The topological polar surface area (TPSA) is 21.3 Å². The first-order valence-corrected chi connectivity index (χ1v) is 7.47. The highest BCUT2D eigenvalue weighted by Gasteiger charge is 2.15. The average molecular weight is 356 g/mol. The maximum atomic E-state index is 13.7. The second-order valence-corrected chi connectivity index (χ2v) is 5.53. The predicted molar refractivity (Wildman–Crippen MR) is 82.7 cm³/mol. The number of ether oxygens (including phenoxy) is 1. The van der Waals surface area contributed by atoms with Gasteiger partial charge in [0.25, 0.3) is 0 Å². The first-order chi connectivity index (χ1) is 10.0. The van der Waals surface area contributed by atoms with Crippen molar-refractivity contribution in [2.45, 2.75) is 19.9 Å². The van der Waals surface area contributed by atoms with E-state index in [1.54, 1.807) is 6.07 Å². The second-order valence-electron chi connectivity index (χ2n) is 4.62. The average Bonchev–Trinajstić information content (AvgIpc) is 2.44. The first-order valence-electron chi connectivity index (χ1n) is 6.67. The number of hydrogen-bond acceptors (Lipinski definition) is 2. The van der Waals surface area contributed by atoms with Crippen molar-refractivity contribution in [1.82, 2.24) is 5.32 Å². The summed E-state index contributed by atoms with van der Waals surface area (Å²) in [6.07, 6.45) is 0. The summed E-state index contributed by atoms with van der Waals surface area (Å²) in [5, 5.41) is 3.27. The van der Waals surface area contributed by atoms with E-state index in [1.807, 2.05) is 26.0 Å². The zero-order valence-electron chi connectivity index (χ0n) is 11.8. The van der Waals surface area contributed by atoms with Crippen molar-refractivity contribution in [3.8, 4) is 11.5 Å². The van der Waals surface area contributed by atoms with Crippen LogP contribution in [0.4, 0.5) is 8.78 Å². The highest BCUT2D eigenvalue weighted by molar-refractivity contribution is 9.10. The molecular weight excluding hydrogens is 340 g/mol. The van der Waals surface area contributed by atoms with Crippen molar-refractivity contribution in [2.24, 2.45) is 0 Å². The molecule has 1 unspecified atom stereocenters. The molecule has 0 amide bonds. The summed E-state index contributed by atoms with van der Waals surface area (Å²) < 4.78 is 33.4. The molecule has 2 rings (SSSR count). The van der Waals surface area contributed by atoms with Gasteiger partial charge in [0.05, 0.1) is 0 Å². The van der Waals surface area contributed by atoms with E-state index in [0.29, 0.717) is 5.75 Å². The Morgan fingerprint density at radius 2 is 1.95 bits per heavy atom. The monoisotopic (exact) mass is 355 g/mol. The summed E-state index contributed by atoms with van der Waals surface area (Å²) in [6.45, 7) is 4.79. The van der Waals surface area contributed by atoms with Crippen LogP contribution in [-0.4, -0.2) is 6.54 Å². The summed E-state index contributed by atoms with van der Waals surface area (Å²) in [7, 11) is 0. The molecule has 2 aromatic carbocycles. The molecule has 0 aliphatic rings. The number of benzene rings is 2. The summed E-state index contributed by atoms with van der Waals surface area (Å²) >= 11 is 3.36. The molecule has 2 nitrogen and oxygen atoms in total. The third-order valence-electron chi connectivity index (χ3n) is 3.09. The molecule has 0 saturated heterocycles. The van der Waals surface area contributed by atoms with Gasteiger partial charge in [0.2, 0.25) is 5.82 Å². The Morgan fingerprint density at radius 1 is 1.19 bits per heavy atom.